The van der Waals surface area contributed by atoms with Gasteiger partial charge in [0.15, 0.2) is 0 Å². The van der Waals surface area contributed by atoms with Gasteiger partial charge in [0.05, 0.1) is 11.6 Å². The molecule has 0 aromatic heterocycles. The van der Waals surface area contributed by atoms with Crippen LogP contribution >= 0.6 is 0 Å². The van der Waals surface area contributed by atoms with E-state index in [1.54, 1.807) is 0 Å². The molecule has 0 bridgehead atoms. The third-order valence-electron chi connectivity index (χ3n) is 4.27. The molecule has 1 unspecified atom stereocenters. The molecule has 0 saturated carbocycles. The van der Waals surface area contributed by atoms with Crippen molar-refractivity contribution in [2.75, 3.05) is 0 Å². The quantitative estimate of drug-likeness (QED) is 0.696. The van der Waals surface area contributed by atoms with Gasteiger partial charge in [0, 0.05) is 0 Å². The molecule has 16 heavy (non-hydrogen) atoms. The Labute approximate surface area is 98.1 Å². The molecule has 0 N–H and O–H groups in total. The molecular weight excluding hydrogens is 194 g/mol. The van der Waals surface area contributed by atoms with Gasteiger partial charge in [-0.1, -0.05) is 26.8 Å². The van der Waals surface area contributed by atoms with Crippen LogP contribution in [0, 0.1) is 17.2 Å². The molecule has 2 rings (SSSR count). The van der Waals surface area contributed by atoms with Crippen molar-refractivity contribution in [2.24, 2.45) is 5.92 Å². The third-order valence-corrected chi connectivity index (χ3v) is 4.27. The molecule has 84 valence electrons. The van der Waals surface area contributed by atoms with Crippen LogP contribution in [0.15, 0.2) is 18.2 Å². The van der Waals surface area contributed by atoms with Gasteiger partial charge < -0.3 is 0 Å². The Bertz CT molecular complexity index is 439. The fraction of sp³-hybridized carbons (Fsp3) is 0.533. The molecule has 0 radical (unpaired) electrons. The lowest BCUT2D eigenvalue weighted by atomic mass is 9.65. The molecule has 1 aromatic rings. The zero-order valence-electron chi connectivity index (χ0n) is 10.4. The van der Waals surface area contributed by atoms with Crippen LogP contribution in [0.25, 0.3) is 0 Å². The fourth-order valence-electron chi connectivity index (χ4n) is 2.78. The summed E-state index contributed by atoms with van der Waals surface area (Å²) in [5.74, 6) is 0.625. The first-order valence-corrected chi connectivity index (χ1v) is 6.11. The summed E-state index contributed by atoms with van der Waals surface area (Å²) in [4.78, 5) is 0. The van der Waals surface area contributed by atoms with Gasteiger partial charge in [-0.15, -0.1) is 0 Å². The highest BCUT2D eigenvalue weighted by atomic mass is 14.4. The second-order valence-corrected chi connectivity index (χ2v) is 5.41. The predicted molar refractivity (Wildman–Crippen MR) is 66.3 cm³/mol. The molecule has 1 heteroatoms. The summed E-state index contributed by atoms with van der Waals surface area (Å²) < 4.78 is 0. The topological polar surface area (TPSA) is 23.8 Å². The average molecular weight is 213 g/mol. The number of nitriles is 1. The Morgan fingerprint density at radius 3 is 2.75 bits per heavy atom. The lowest BCUT2D eigenvalue weighted by molar-refractivity contribution is 0.290. The largest absolute Gasteiger partial charge is 0.192 e. The van der Waals surface area contributed by atoms with Gasteiger partial charge in [-0.05, 0) is 53.9 Å². The molecule has 1 atom stereocenters. The maximum Gasteiger partial charge on any atom is 0.0991 e. The van der Waals surface area contributed by atoms with E-state index in [2.05, 4.69) is 39.0 Å². The number of fused-ring (bicyclic) bond motifs is 1. The van der Waals surface area contributed by atoms with Crippen molar-refractivity contribution in [3.8, 4) is 6.07 Å². The van der Waals surface area contributed by atoms with Gasteiger partial charge in [0.2, 0.25) is 0 Å². The molecule has 0 amide bonds. The van der Waals surface area contributed by atoms with Crippen LogP contribution in [0.5, 0.6) is 0 Å². The van der Waals surface area contributed by atoms with Crippen LogP contribution in [0.4, 0.5) is 0 Å². The Hall–Kier alpha value is -1.29. The van der Waals surface area contributed by atoms with E-state index in [-0.39, 0.29) is 5.41 Å². The first-order chi connectivity index (χ1) is 7.58. The molecule has 0 saturated heterocycles. The number of hydrogen-bond donors (Lipinski definition) is 0. The summed E-state index contributed by atoms with van der Waals surface area (Å²) in [5.41, 5.74) is 3.90. The van der Waals surface area contributed by atoms with Crippen molar-refractivity contribution < 1.29 is 0 Å². The van der Waals surface area contributed by atoms with Crippen LogP contribution in [-0.4, -0.2) is 0 Å². The zero-order valence-corrected chi connectivity index (χ0v) is 10.4. The minimum atomic E-state index is 0.250. The van der Waals surface area contributed by atoms with Crippen LogP contribution in [-0.2, 0) is 11.8 Å². The highest BCUT2D eigenvalue weighted by Crippen LogP contribution is 2.42. The van der Waals surface area contributed by atoms with E-state index < -0.39 is 0 Å². The van der Waals surface area contributed by atoms with Crippen molar-refractivity contribution in [1.29, 1.82) is 5.26 Å². The van der Waals surface area contributed by atoms with E-state index in [9.17, 15) is 0 Å². The molecule has 0 aliphatic heterocycles. The van der Waals surface area contributed by atoms with E-state index in [4.69, 9.17) is 5.26 Å². The first-order valence-electron chi connectivity index (χ1n) is 6.11. The molecule has 1 aromatic carbocycles. The summed E-state index contributed by atoms with van der Waals surface area (Å²) in [6, 6.07) is 8.46. The van der Waals surface area contributed by atoms with Crippen molar-refractivity contribution in [1.82, 2.24) is 0 Å². The normalized spacial score (nSPS) is 23.9. The van der Waals surface area contributed by atoms with Gasteiger partial charge >= 0.3 is 0 Å². The number of aryl methyl sites for hydroxylation is 1. The predicted octanol–water partition coefficient (Wildman–Crippen LogP) is 3.81. The summed E-state index contributed by atoms with van der Waals surface area (Å²) in [6.45, 7) is 6.92. The molecule has 1 aliphatic rings. The van der Waals surface area contributed by atoms with Crippen molar-refractivity contribution in [2.45, 2.75) is 45.4 Å². The fourth-order valence-corrected chi connectivity index (χ4v) is 2.78. The van der Waals surface area contributed by atoms with Crippen molar-refractivity contribution >= 4 is 0 Å². The molecule has 0 heterocycles. The van der Waals surface area contributed by atoms with E-state index >= 15 is 0 Å². The SMILES string of the molecule is CC(C)C1(C)CCCc2ccc(C#N)cc21. The number of hydrogen-bond acceptors (Lipinski definition) is 1. The third kappa shape index (κ3) is 1.63. The Kier molecular flexibility index (Phi) is 2.76. The minimum Gasteiger partial charge on any atom is -0.192 e. The first kappa shape index (κ1) is 11.2. The molecule has 0 spiro atoms. The maximum absolute atomic E-state index is 9.00. The summed E-state index contributed by atoms with van der Waals surface area (Å²) >= 11 is 0. The molecule has 1 aliphatic carbocycles. The Balaban J connectivity index is 2.56. The molecule has 0 fully saturated rings. The average Bonchev–Trinajstić information content (AvgIpc) is 2.29. The van der Waals surface area contributed by atoms with E-state index in [1.165, 1.54) is 30.4 Å². The highest BCUT2D eigenvalue weighted by molar-refractivity contribution is 5.43. The second-order valence-electron chi connectivity index (χ2n) is 5.41. The second kappa shape index (κ2) is 3.94. The number of rotatable bonds is 1. The smallest absolute Gasteiger partial charge is 0.0991 e. The highest BCUT2D eigenvalue weighted by Gasteiger charge is 2.34. The zero-order chi connectivity index (χ0) is 11.8. The van der Waals surface area contributed by atoms with E-state index in [0.29, 0.717) is 5.92 Å². The number of nitrogens with zero attached hydrogens (tertiary/aromatic N) is 1. The maximum atomic E-state index is 9.00. The minimum absolute atomic E-state index is 0.250. The van der Waals surface area contributed by atoms with Gasteiger partial charge in [0.1, 0.15) is 0 Å². The van der Waals surface area contributed by atoms with Gasteiger partial charge in [-0.3, -0.25) is 0 Å². The van der Waals surface area contributed by atoms with Gasteiger partial charge in [-0.2, -0.15) is 5.26 Å². The monoisotopic (exact) mass is 213 g/mol. The standard InChI is InChI=1S/C15H19N/c1-11(2)15(3)8-4-5-13-7-6-12(10-16)9-14(13)15/h6-7,9,11H,4-5,8H2,1-3H3. The van der Waals surface area contributed by atoms with Crippen LogP contribution in [0.1, 0.15) is 50.3 Å². The summed E-state index contributed by atoms with van der Waals surface area (Å²) in [6.07, 6.45) is 3.68. The van der Waals surface area contributed by atoms with Gasteiger partial charge in [0.25, 0.3) is 0 Å². The van der Waals surface area contributed by atoms with Crippen LogP contribution in [0.2, 0.25) is 0 Å². The number of benzene rings is 1. The van der Waals surface area contributed by atoms with E-state index in [1.807, 2.05) is 6.07 Å². The van der Waals surface area contributed by atoms with Crippen LogP contribution < -0.4 is 0 Å². The van der Waals surface area contributed by atoms with Crippen molar-refractivity contribution in [3.63, 3.8) is 0 Å². The summed E-state index contributed by atoms with van der Waals surface area (Å²) in [5, 5.41) is 9.00. The Morgan fingerprint density at radius 2 is 2.12 bits per heavy atom. The summed E-state index contributed by atoms with van der Waals surface area (Å²) in [7, 11) is 0. The molecule has 1 nitrogen and oxygen atoms in total. The van der Waals surface area contributed by atoms with Crippen LogP contribution in [0.3, 0.4) is 0 Å². The lowest BCUT2D eigenvalue weighted by Gasteiger charge is -2.39. The lowest BCUT2D eigenvalue weighted by Crippen LogP contribution is -2.33. The Morgan fingerprint density at radius 1 is 1.38 bits per heavy atom. The molecular formula is C15H19N. The van der Waals surface area contributed by atoms with Gasteiger partial charge in [-0.25, -0.2) is 0 Å². The van der Waals surface area contributed by atoms with Crippen molar-refractivity contribution in [3.05, 3.63) is 34.9 Å². The van der Waals surface area contributed by atoms with E-state index in [0.717, 1.165) is 5.56 Å².